The van der Waals surface area contributed by atoms with Crippen molar-refractivity contribution in [1.29, 1.82) is 0 Å². The molecule has 0 spiro atoms. The largest absolute Gasteiger partial charge is 1.00 e. The Balaban J connectivity index is 0.00000228. The van der Waals surface area contributed by atoms with E-state index in [-0.39, 0.29) is 48.0 Å². The molecule has 0 radical (unpaired) electrons. The van der Waals surface area contributed by atoms with Gasteiger partial charge in [0.15, 0.2) is 6.20 Å². The van der Waals surface area contributed by atoms with Crippen molar-refractivity contribution < 1.29 is 57.0 Å². The molecule has 0 bridgehead atoms. The van der Waals surface area contributed by atoms with Gasteiger partial charge >= 0.3 is 0 Å². The first-order valence-corrected chi connectivity index (χ1v) is 13.6. The van der Waals surface area contributed by atoms with E-state index in [1.807, 2.05) is 11.8 Å². The number of rotatable bonds is 10. The second-order valence-corrected chi connectivity index (χ2v) is 10.3. The van der Waals surface area contributed by atoms with Gasteiger partial charge in [-0.05, 0) is 50.6 Å². The lowest BCUT2D eigenvalue weighted by Crippen LogP contribution is -3.00. The van der Waals surface area contributed by atoms with Crippen LogP contribution in [0.25, 0.3) is 17.0 Å². The van der Waals surface area contributed by atoms with E-state index >= 15 is 0 Å². The van der Waals surface area contributed by atoms with Crippen molar-refractivity contribution >= 4 is 34.4 Å². The molecule has 1 aliphatic rings. The molecular weight excluding hydrogens is 688 g/mol. The molecule has 36 heavy (non-hydrogen) atoms. The van der Waals surface area contributed by atoms with Gasteiger partial charge in [0.05, 0.1) is 42.3 Å². The number of aromatic nitrogens is 1. The average Bonchev–Trinajstić information content (AvgIpc) is 3.21. The molecule has 1 aromatic heterocycles. The second-order valence-electron chi connectivity index (χ2n) is 9.20. The predicted molar refractivity (Wildman–Crippen MR) is 148 cm³/mol. The van der Waals surface area contributed by atoms with E-state index in [1.165, 1.54) is 75.6 Å². The third kappa shape index (κ3) is 7.05. The van der Waals surface area contributed by atoms with Crippen LogP contribution < -0.4 is 57.4 Å². The van der Waals surface area contributed by atoms with Crippen LogP contribution in [0.3, 0.4) is 0 Å². The lowest BCUT2D eigenvalue weighted by molar-refractivity contribution is -0.923. The van der Waals surface area contributed by atoms with Gasteiger partial charge in [-0.1, -0.05) is 48.2 Å². The Labute approximate surface area is 256 Å². The van der Waals surface area contributed by atoms with Crippen LogP contribution >= 0.6 is 11.8 Å². The molecule has 0 amide bonds. The number of hydrogen-bond donors (Lipinski definition) is 0. The highest BCUT2D eigenvalue weighted by molar-refractivity contribution is 8.03. The third-order valence-electron chi connectivity index (χ3n) is 7.54. The Morgan fingerprint density at radius 2 is 1.58 bits per heavy atom. The van der Waals surface area contributed by atoms with Crippen LogP contribution in [0.2, 0.25) is 0 Å². The van der Waals surface area contributed by atoms with Crippen LogP contribution in [0, 0.1) is 0 Å². The number of allylic oxidation sites excluding steroid dienone is 2. The van der Waals surface area contributed by atoms with Gasteiger partial charge in [-0.25, -0.2) is 0 Å². The maximum absolute atomic E-state index is 2.43. The maximum atomic E-state index is 2.43. The standard InChI is InChI=1S/C30H39N3S.2HI/c1-5-33(6-2,7-3)24-13-12-22-32-23-21-25(26-16-8-9-17-27(26)32)15-14-20-30-31(4)28-18-10-11-19-29(28)34-30;;/h8-11,14-21,23H,5-7,12-13,22,24H2,1-4H3;2*1H/q+2;;/p-2. The molecule has 0 fully saturated rings. The van der Waals surface area contributed by atoms with E-state index < -0.39 is 0 Å². The van der Waals surface area contributed by atoms with Gasteiger partial charge in [-0.15, -0.1) is 0 Å². The monoisotopic (exact) mass is 727 g/mol. The van der Waals surface area contributed by atoms with Crippen LogP contribution in [0.15, 0.2) is 82.9 Å². The number of aryl methyl sites for hydroxylation is 1. The zero-order valence-electron chi connectivity index (χ0n) is 22.0. The van der Waals surface area contributed by atoms with E-state index in [0.717, 1.165) is 6.54 Å². The summed E-state index contributed by atoms with van der Waals surface area (Å²) in [6.07, 6.45) is 11.4. The molecule has 0 saturated heterocycles. The van der Waals surface area contributed by atoms with Gasteiger partial charge in [-0.3, -0.25) is 0 Å². The number of para-hydroxylation sites is 2. The van der Waals surface area contributed by atoms with Gasteiger partial charge in [0.2, 0.25) is 5.52 Å². The first-order valence-electron chi connectivity index (χ1n) is 12.8. The van der Waals surface area contributed by atoms with E-state index in [1.54, 1.807) is 0 Å². The average molecular weight is 728 g/mol. The molecule has 0 atom stereocenters. The van der Waals surface area contributed by atoms with Gasteiger partial charge in [0.25, 0.3) is 0 Å². The van der Waals surface area contributed by atoms with Crippen LogP contribution in [0.1, 0.15) is 39.2 Å². The molecule has 2 heterocycles. The second kappa shape index (κ2) is 14.7. The Morgan fingerprint density at radius 1 is 0.889 bits per heavy atom. The molecule has 2 aromatic carbocycles. The third-order valence-corrected chi connectivity index (χ3v) is 8.72. The fraction of sp³-hybridized carbons (Fsp3) is 0.367. The first-order chi connectivity index (χ1) is 16.6. The van der Waals surface area contributed by atoms with Crippen molar-refractivity contribution in [2.24, 2.45) is 0 Å². The minimum absolute atomic E-state index is 0. The Bertz CT molecular complexity index is 1180. The molecule has 3 aromatic rings. The number of thioether (sulfide) groups is 1. The molecular formula is C30H39I2N3S. The number of hydrogen-bond acceptors (Lipinski definition) is 2. The lowest BCUT2D eigenvalue weighted by Gasteiger charge is -2.35. The normalized spacial score (nSPS) is 14.2. The zero-order chi connectivity index (χ0) is 24.0. The zero-order valence-corrected chi connectivity index (χ0v) is 27.1. The van der Waals surface area contributed by atoms with Crippen molar-refractivity contribution in [3.05, 3.63) is 83.5 Å². The lowest BCUT2D eigenvalue weighted by atomic mass is 10.1. The van der Waals surface area contributed by atoms with Crippen molar-refractivity contribution in [2.75, 3.05) is 38.1 Å². The number of unbranched alkanes of at least 4 members (excludes halogenated alkanes) is 1. The van der Waals surface area contributed by atoms with E-state index in [0.29, 0.717) is 0 Å². The number of pyridine rings is 1. The molecule has 4 rings (SSSR count). The van der Waals surface area contributed by atoms with Crippen molar-refractivity contribution in [2.45, 2.75) is 45.1 Å². The quantitative estimate of drug-likeness (QED) is 0.133. The highest BCUT2D eigenvalue weighted by atomic mass is 127. The molecule has 3 nitrogen and oxygen atoms in total. The Kier molecular flexibility index (Phi) is 12.7. The van der Waals surface area contributed by atoms with Crippen molar-refractivity contribution in [3.63, 3.8) is 0 Å². The van der Waals surface area contributed by atoms with Crippen LogP contribution in [-0.2, 0) is 6.54 Å². The van der Waals surface area contributed by atoms with Gasteiger partial charge in [0.1, 0.15) is 6.54 Å². The smallest absolute Gasteiger partial charge is 0.213 e. The Morgan fingerprint density at radius 3 is 2.31 bits per heavy atom. The number of benzene rings is 2. The van der Waals surface area contributed by atoms with E-state index in [9.17, 15) is 0 Å². The summed E-state index contributed by atoms with van der Waals surface area (Å²) in [4.78, 5) is 3.59. The van der Waals surface area contributed by atoms with Crippen molar-refractivity contribution in [3.8, 4) is 0 Å². The summed E-state index contributed by atoms with van der Waals surface area (Å²) >= 11 is 1.83. The number of anilines is 1. The summed E-state index contributed by atoms with van der Waals surface area (Å²) in [7, 11) is 2.14. The number of halogens is 2. The van der Waals surface area contributed by atoms with Crippen LogP contribution in [0.4, 0.5) is 5.69 Å². The van der Waals surface area contributed by atoms with E-state index in [2.05, 4.69) is 116 Å². The summed E-state index contributed by atoms with van der Waals surface area (Å²) < 4.78 is 3.67. The predicted octanol–water partition coefficient (Wildman–Crippen LogP) is 0.889. The molecule has 0 N–H and O–H groups in total. The molecule has 0 saturated carbocycles. The number of nitrogens with zero attached hydrogens (tertiary/aromatic N) is 3. The minimum Gasteiger partial charge on any atom is -1.00 e. The van der Waals surface area contributed by atoms with Crippen molar-refractivity contribution in [1.82, 2.24) is 0 Å². The highest BCUT2D eigenvalue weighted by Crippen LogP contribution is 2.44. The summed E-state index contributed by atoms with van der Waals surface area (Å²) in [5.41, 5.74) is 3.87. The molecule has 194 valence electrons. The van der Waals surface area contributed by atoms with Gasteiger partial charge < -0.3 is 57.3 Å². The fourth-order valence-corrected chi connectivity index (χ4v) is 6.09. The summed E-state index contributed by atoms with van der Waals surface area (Å²) in [6, 6.07) is 19.7. The summed E-state index contributed by atoms with van der Waals surface area (Å²) in [5.74, 6) is 0. The molecule has 6 heteroatoms. The van der Waals surface area contributed by atoms with Crippen LogP contribution in [0.5, 0.6) is 0 Å². The van der Waals surface area contributed by atoms with Crippen LogP contribution in [-0.4, -0.2) is 37.7 Å². The summed E-state index contributed by atoms with van der Waals surface area (Å²) in [5, 5.41) is 2.57. The molecule has 1 aliphatic heterocycles. The fourth-order valence-electron chi connectivity index (χ4n) is 5.02. The molecule has 0 unspecified atom stereocenters. The molecule has 0 aliphatic carbocycles. The summed E-state index contributed by atoms with van der Waals surface area (Å²) in [6.45, 7) is 13.1. The first kappa shape index (κ1) is 31.1. The number of fused-ring (bicyclic) bond motifs is 2. The van der Waals surface area contributed by atoms with Gasteiger partial charge in [-0.2, -0.15) is 4.57 Å². The Hall–Kier alpha value is -1.10. The highest BCUT2D eigenvalue weighted by Gasteiger charge is 2.21. The SMILES string of the molecule is CC[N+](CC)(CC)CCCC[n+]1ccc(C=CC=C2Sc3ccccc3N2C)c2ccccc21.[I-].[I-]. The van der Waals surface area contributed by atoms with Gasteiger partial charge in [0, 0.05) is 36.9 Å². The number of quaternary nitrogens is 1. The maximum Gasteiger partial charge on any atom is 0.213 e. The minimum atomic E-state index is 0. The topological polar surface area (TPSA) is 7.12 Å². The van der Waals surface area contributed by atoms with E-state index in [4.69, 9.17) is 0 Å².